The van der Waals surface area contributed by atoms with Crippen molar-refractivity contribution in [2.45, 2.75) is 13.8 Å². The van der Waals surface area contributed by atoms with Gasteiger partial charge in [0, 0.05) is 11.4 Å². The quantitative estimate of drug-likeness (QED) is 0.679. The van der Waals surface area contributed by atoms with E-state index in [0.29, 0.717) is 16.9 Å². The predicted octanol–water partition coefficient (Wildman–Crippen LogP) is 3.58. The van der Waals surface area contributed by atoms with Crippen LogP contribution in [-0.2, 0) is 14.3 Å². The zero-order valence-electron chi connectivity index (χ0n) is 14.8. The van der Waals surface area contributed by atoms with Crippen LogP contribution in [0.25, 0.3) is 6.08 Å². The minimum absolute atomic E-state index is 0.131. The molecule has 0 aromatic heterocycles. The Balaban J connectivity index is 2.13. The van der Waals surface area contributed by atoms with Crippen LogP contribution in [0.1, 0.15) is 18.1 Å². The van der Waals surface area contributed by atoms with Gasteiger partial charge in [-0.15, -0.1) is 0 Å². The number of hydrogen-bond donors (Lipinski definition) is 1. The number of allylic oxidation sites excluding steroid dienone is 1. The molecule has 0 unspecified atom stereocenters. The van der Waals surface area contributed by atoms with Crippen LogP contribution in [0.4, 0.5) is 5.69 Å². The third-order valence-electron chi connectivity index (χ3n) is 4.25. The summed E-state index contributed by atoms with van der Waals surface area (Å²) in [5, 5.41) is 9.43. The number of phenolic OH excluding ortho intramolecular Hbond substituents is 1. The maximum absolute atomic E-state index is 13.1. The molecule has 1 aliphatic heterocycles. The third-order valence-corrected chi connectivity index (χ3v) is 4.25. The predicted molar refractivity (Wildman–Crippen MR) is 99.5 cm³/mol. The van der Waals surface area contributed by atoms with Gasteiger partial charge in [-0.2, -0.15) is 0 Å². The molecular formula is C21H19NO4. The van der Waals surface area contributed by atoms with E-state index in [1.165, 1.54) is 24.1 Å². The molecular weight excluding hydrogens is 330 g/mol. The van der Waals surface area contributed by atoms with Crippen LogP contribution in [0.15, 0.2) is 65.4 Å². The molecule has 0 saturated heterocycles. The van der Waals surface area contributed by atoms with Crippen LogP contribution in [0.5, 0.6) is 5.75 Å². The largest absolute Gasteiger partial charge is 0.508 e. The lowest BCUT2D eigenvalue weighted by Crippen LogP contribution is -2.24. The van der Waals surface area contributed by atoms with E-state index in [-0.39, 0.29) is 22.8 Å². The highest BCUT2D eigenvalue weighted by Gasteiger charge is 2.37. The minimum atomic E-state index is -0.559. The maximum Gasteiger partial charge on any atom is 0.340 e. The SMILES string of the molecule is COC(=O)C1=C(C)N(c2cccc(C)c2)C(=O)/C1=C/c1ccc(O)cc1. The van der Waals surface area contributed by atoms with E-state index in [0.717, 1.165) is 5.56 Å². The van der Waals surface area contributed by atoms with Crippen molar-refractivity contribution in [2.75, 3.05) is 12.0 Å². The molecule has 0 saturated carbocycles. The third kappa shape index (κ3) is 3.11. The minimum Gasteiger partial charge on any atom is -0.508 e. The van der Waals surface area contributed by atoms with Gasteiger partial charge in [-0.1, -0.05) is 24.3 Å². The Kier molecular flexibility index (Phi) is 4.63. The van der Waals surface area contributed by atoms with Gasteiger partial charge in [-0.05, 0) is 55.3 Å². The highest BCUT2D eigenvalue weighted by molar-refractivity contribution is 6.23. The molecule has 2 aromatic rings. The Labute approximate surface area is 151 Å². The Hall–Kier alpha value is -3.34. The Bertz CT molecular complexity index is 939. The van der Waals surface area contributed by atoms with Crippen molar-refractivity contribution in [2.24, 2.45) is 0 Å². The topological polar surface area (TPSA) is 66.8 Å². The average Bonchev–Trinajstić information content (AvgIpc) is 2.86. The zero-order valence-corrected chi connectivity index (χ0v) is 14.8. The summed E-state index contributed by atoms with van der Waals surface area (Å²) < 4.78 is 4.89. The number of methoxy groups -OCH3 is 1. The highest BCUT2D eigenvalue weighted by atomic mass is 16.5. The number of carbonyl (C=O) groups excluding carboxylic acids is 2. The van der Waals surface area contributed by atoms with Gasteiger partial charge in [0.15, 0.2) is 0 Å². The maximum atomic E-state index is 13.1. The first-order valence-corrected chi connectivity index (χ1v) is 8.14. The molecule has 2 aromatic carbocycles. The number of rotatable bonds is 3. The highest BCUT2D eigenvalue weighted by Crippen LogP contribution is 2.35. The normalized spacial score (nSPS) is 15.7. The van der Waals surface area contributed by atoms with Crippen molar-refractivity contribution in [3.05, 3.63) is 76.5 Å². The van der Waals surface area contributed by atoms with Crippen molar-refractivity contribution < 1.29 is 19.4 Å². The number of phenols is 1. The van der Waals surface area contributed by atoms with E-state index in [4.69, 9.17) is 4.74 Å². The molecule has 26 heavy (non-hydrogen) atoms. The molecule has 0 bridgehead atoms. The molecule has 1 aliphatic rings. The lowest BCUT2D eigenvalue weighted by atomic mass is 10.0. The fourth-order valence-electron chi connectivity index (χ4n) is 3.00. The number of hydrogen-bond acceptors (Lipinski definition) is 4. The summed E-state index contributed by atoms with van der Waals surface area (Å²) >= 11 is 0. The van der Waals surface area contributed by atoms with E-state index >= 15 is 0 Å². The van der Waals surface area contributed by atoms with E-state index in [2.05, 4.69) is 0 Å². The summed E-state index contributed by atoms with van der Waals surface area (Å²) in [6.45, 7) is 3.67. The van der Waals surface area contributed by atoms with Crippen LogP contribution in [-0.4, -0.2) is 24.1 Å². The van der Waals surface area contributed by atoms with E-state index in [1.807, 2.05) is 31.2 Å². The first-order chi connectivity index (χ1) is 12.4. The standard InChI is InChI=1S/C21H19NO4/c1-13-5-4-6-16(11-13)22-14(2)19(21(25)26-3)18(20(22)24)12-15-7-9-17(23)10-8-15/h4-12,23H,1-3H3/b18-12+. The second kappa shape index (κ2) is 6.88. The van der Waals surface area contributed by atoms with Gasteiger partial charge in [0.25, 0.3) is 5.91 Å². The first-order valence-electron chi connectivity index (χ1n) is 8.14. The number of aromatic hydroxyl groups is 1. The van der Waals surface area contributed by atoms with Crippen LogP contribution in [0, 0.1) is 6.92 Å². The zero-order chi connectivity index (χ0) is 18.8. The molecule has 132 valence electrons. The number of ether oxygens (including phenoxy) is 1. The molecule has 0 spiro atoms. The van der Waals surface area contributed by atoms with Crippen molar-refractivity contribution >= 4 is 23.6 Å². The lowest BCUT2D eigenvalue weighted by molar-refractivity contribution is -0.136. The number of aryl methyl sites for hydroxylation is 1. The summed E-state index contributed by atoms with van der Waals surface area (Å²) in [6, 6.07) is 13.9. The average molecular weight is 349 g/mol. The van der Waals surface area contributed by atoms with Crippen molar-refractivity contribution in [3.63, 3.8) is 0 Å². The fourth-order valence-corrected chi connectivity index (χ4v) is 3.00. The summed E-state index contributed by atoms with van der Waals surface area (Å²) in [5.41, 5.74) is 3.44. The van der Waals surface area contributed by atoms with Gasteiger partial charge < -0.3 is 9.84 Å². The molecule has 0 aliphatic carbocycles. The molecule has 5 nitrogen and oxygen atoms in total. The smallest absolute Gasteiger partial charge is 0.340 e. The Morgan fingerprint density at radius 3 is 2.42 bits per heavy atom. The second-order valence-corrected chi connectivity index (χ2v) is 6.08. The molecule has 1 N–H and O–H groups in total. The second-order valence-electron chi connectivity index (χ2n) is 6.08. The summed E-state index contributed by atoms with van der Waals surface area (Å²) in [4.78, 5) is 26.9. The summed E-state index contributed by atoms with van der Waals surface area (Å²) in [6.07, 6.45) is 1.63. The van der Waals surface area contributed by atoms with Gasteiger partial charge in [-0.3, -0.25) is 9.69 Å². The van der Waals surface area contributed by atoms with E-state index in [1.54, 1.807) is 25.1 Å². The van der Waals surface area contributed by atoms with Gasteiger partial charge >= 0.3 is 5.97 Å². The number of esters is 1. The van der Waals surface area contributed by atoms with Gasteiger partial charge in [-0.25, -0.2) is 4.79 Å². The van der Waals surface area contributed by atoms with Crippen LogP contribution in [0.2, 0.25) is 0 Å². The van der Waals surface area contributed by atoms with Crippen LogP contribution in [0.3, 0.4) is 0 Å². The van der Waals surface area contributed by atoms with Gasteiger partial charge in [0.05, 0.1) is 18.3 Å². The Morgan fingerprint density at radius 2 is 1.81 bits per heavy atom. The molecule has 0 fully saturated rings. The van der Waals surface area contributed by atoms with Gasteiger partial charge in [0.1, 0.15) is 5.75 Å². The molecule has 5 heteroatoms. The number of amides is 1. The van der Waals surface area contributed by atoms with Crippen LogP contribution < -0.4 is 4.90 Å². The first kappa shape index (κ1) is 17.5. The van der Waals surface area contributed by atoms with Crippen molar-refractivity contribution in [1.29, 1.82) is 0 Å². The molecule has 1 amide bonds. The summed E-state index contributed by atoms with van der Waals surface area (Å²) in [7, 11) is 1.29. The number of nitrogens with zero attached hydrogens (tertiary/aromatic N) is 1. The molecule has 0 radical (unpaired) electrons. The molecule has 3 rings (SSSR count). The monoisotopic (exact) mass is 349 g/mol. The number of benzene rings is 2. The van der Waals surface area contributed by atoms with Gasteiger partial charge in [0.2, 0.25) is 0 Å². The fraction of sp³-hybridized carbons (Fsp3) is 0.143. The van der Waals surface area contributed by atoms with Crippen molar-refractivity contribution in [3.8, 4) is 5.75 Å². The number of anilines is 1. The van der Waals surface area contributed by atoms with E-state index in [9.17, 15) is 14.7 Å². The lowest BCUT2D eigenvalue weighted by Gasteiger charge is -2.18. The van der Waals surface area contributed by atoms with Crippen molar-refractivity contribution in [1.82, 2.24) is 0 Å². The van der Waals surface area contributed by atoms with E-state index < -0.39 is 5.97 Å². The van der Waals surface area contributed by atoms with Crippen LogP contribution >= 0.6 is 0 Å². The molecule has 0 atom stereocenters. The summed E-state index contributed by atoms with van der Waals surface area (Å²) in [5.74, 6) is -0.719. The Morgan fingerprint density at radius 1 is 1.12 bits per heavy atom. The molecule has 1 heterocycles. The number of carbonyl (C=O) groups is 2.